The number of ether oxygens (including phenoxy) is 1. The third-order valence-electron chi connectivity index (χ3n) is 4.55. The maximum atomic E-state index is 13.0. The topological polar surface area (TPSA) is 103 Å². The van der Waals surface area contributed by atoms with Crippen LogP contribution in [-0.4, -0.2) is 57.0 Å². The number of hydrogen-bond donors (Lipinski definition) is 1. The highest BCUT2D eigenvalue weighted by molar-refractivity contribution is 7.99. The molecule has 0 saturated heterocycles. The van der Waals surface area contributed by atoms with E-state index >= 15 is 0 Å². The molecule has 35 heavy (non-hydrogen) atoms. The minimum absolute atomic E-state index is 0.0362. The SMILES string of the molecule is CC(C)(C)OC(=O)N(Cc1csc(-c2ccccc2)n1)[C@@H](CCCSCC(=O)C(F)(F)F)C(N)=O. The van der Waals surface area contributed by atoms with Crippen LogP contribution in [-0.2, 0) is 20.9 Å². The molecule has 0 saturated carbocycles. The molecule has 0 bridgehead atoms. The van der Waals surface area contributed by atoms with E-state index in [0.29, 0.717) is 5.69 Å². The van der Waals surface area contributed by atoms with Gasteiger partial charge >= 0.3 is 12.3 Å². The van der Waals surface area contributed by atoms with Crippen molar-refractivity contribution in [1.82, 2.24) is 9.88 Å². The number of hydrogen-bond acceptors (Lipinski definition) is 7. The molecule has 2 aromatic rings. The number of benzene rings is 1. The van der Waals surface area contributed by atoms with E-state index in [1.54, 1.807) is 26.2 Å². The molecule has 0 fully saturated rings. The Morgan fingerprint density at radius 1 is 1.17 bits per heavy atom. The lowest BCUT2D eigenvalue weighted by Gasteiger charge is -2.31. The number of carbonyl (C=O) groups excluding carboxylic acids is 3. The van der Waals surface area contributed by atoms with Gasteiger partial charge in [0.25, 0.3) is 0 Å². The Kier molecular flexibility index (Phi) is 10.1. The molecule has 7 nitrogen and oxygen atoms in total. The Hall–Kier alpha value is -2.60. The van der Waals surface area contributed by atoms with Crippen LogP contribution in [0.2, 0.25) is 0 Å². The summed E-state index contributed by atoms with van der Waals surface area (Å²) in [5.74, 6) is -3.11. The van der Waals surface area contributed by atoms with Crippen molar-refractivity contribution in [2.24, 2.45) is 5.73 Å². The van der Waals surface area contributed by atoms with Crippen LogP contribution in [0.5, 0.6) is 0 Å². The van der Waals surface area contributed by atoms with E-state index in [2.05, 4.69) is 4.98 Å². The zero-order chi connectivity index (χ0) is 26.2. The molecule has 0 aliphatic rings. The first-order valence-electron chi connectivity index (χ1n) is 10.7. The summed E-state index contributed by atoms with van der Waals surface area (Å²) in [6, 6.07) is 8.39. The molecule has 0 aliphatic heterocycles. The lowest BCUT2D eigenvalue weighted by atomic mass is 10.1. The second-order valence-corrected chi connectivity index (χ2v) is 10.6. The predicted molar refractivity (Wildman–Crippen MR) is 130 cm³/mol. The molecule has 2 rings (SSSR count). The largest absolute Gasteiger partial charge is 0.450 e. The fraction of sp³-hybridized carbons (Fsp3) is 0.478. The fourth-order valence-electron chi connectivity index (χ4n) is 2.97. The van der Waals surface area contributed by atoms with Crippen LogP contribution >= 0.6 is 23.1 Å². The van der Waals surface area contributed by atoms with Crippen molar-refractivity contribution in [2.45, 2.75) is 58.0 Å². The van der Waals surface area contributed by atoms with Gasteiger partial charge in [0.15, 0.2) is 0 Å². The third kappa shape index (κ3) is 9.52. The van der Waals surface area contributed by atoms with Crippen LogP contribution in [0.25, 0.3) is 10.6 Å². The number of alkyl halides is 3. The molecule has 0 unspecified atom stereocenters. The number of rotatable bonds is 11. The summed E-state index contributed by atoms with van der Waals surface area (Å²) in [6.45, 7) is 5.03. The van der Waals surface area contributed by atoms with Gasteiger partial charge in [-0.2, -0.15) is 24.9 Å². The van der Waals surface area contributed by atoms with Gasteiger partial charge in [-0.05, 0) is 39.4 Å². The van der Waals surface area contributed by atoms with Crippen LogP contribution in [0.15, 0.2) is 35.7 Å². The van der Waals surface area contributed by atoms with Crippen LogP contribution < -0.4 is 5.73 Å². The third-order valence-corrected chi connectivity index (χ3v) is 6.54. The van der Waals surface area contributed by atoms with Crippen molar-refractivity contribution in [3.05, 3.63) is 41.4 Å². The van der Waals surface area contributed by atoms with E-state index in [-0.39, 0.29) is 25.1 Å². The van der Waals surface area contributed by atoms with Gasteiger partial charge in [-0.15, -0.1) is 11.3 Å². The lowest BCUT2D eigenvalue weighted by molar-refractivity contribution is -0.167. The molecule has 2 amide bonds. The Bertz CT molecular complexity index is 1010. The van der Waals surface area contributed by atoms with Crippen molar-refractivity contribution in [3.63, 3.8) is 0 Å². The minimum atomic E-state index is -4.87. The summed E-state index contributed by atoms with van der Waals surface area (Å²) in [7, 11) is 0. The molecule has 1 aromatic heterocycles. The molecule has 1 atom stereocenters. The molecule has 2 N–H and O–H groups in total. The van der Waals surface area contributed by atoms with Gasteiger partial charge in [0.1, 0.15) is 16.7 Å². The normalized spacial score (nSPS) is 12.7. The minimum Gasteiger partial charge on any atom is -0.444 e. The van der Waals surface area contributed by atoms with Gasteiger partial charge in [-0.25, -0.2) is 9.78 Å². The van der Waals surface area contributed by atoms with Gasteiger partial charge in [-0.1, -0.05) is 30.3 Å². The van der Waals surface area contributed by atoms with E-state index in [9.17, 15) is 27.6 Å². The summed E-state index contributed by atoms with van der Waals surface area (Å²) >= 11 is 2.20. The molecule has 1 aromatic carbocycles. The van der Waals surface area contributed by atoms with E-state index in [1.807, 2.05) is 30.3 Å². The number of aromatic nitrogens is 1. The molecular formula is C23H28F3N3O4S2. The highest BCUT2D eigenvalue weighted by Crippen LogP contribution is 2.26. The summed E-state index contributed by atoms with van der Waals surface area (Å²) in [4.78, 5) is 42.0. The highest BCUT2D eigenvalue weighted by atomic mass is 32.2. The summed E-state index contributed by atoms with van der Waals surface area (Å²) < 4.78 is 42.5. The molecular weight excluding hydrogens is 503 g/mol. The van der Waals surface area contributed by atoms with Crippen LogP contribution in [0.4, 0.5) is 18.0 Å². The van der Waals surface area contributed by atoms with E-state index < -0.39 is 41.4 Å². The molecule has 12 heteroatoms. The number of thioether (sulfide) groups is 1. The number of carbonyl (C=O) groups is 3. The van der Waals surface area contributed by atoms with Gasteiger partial charge in [0.05, 0.1) is 18.0 Å². The first-order valence-corrected chi connectivity index (χ1v) is 12.8. The van der Waals surface area contributed by atoms with Crippen LogP contribution in [0.3, 0.4) is 0 Å². The zero-order valence-electron chi connectivity index (χ0n) is 19.6. The molecule has 0 spiro atoms. The van der Waals surface area contributed by atoms with E-state index in [1.165, 1.54) is 16.2 Å². The molecule has 0 aliphatic carbocycles. The standard InChI is InChI=1S/C23H28F3N3O4S2/c1-22(2,3)33-21(32)29(12-16-13-35-20(28-16)15-8-5-4-6-9-15)17(19(27)31)10-7-11-34-14-18(30)23(24,25)26/h4-6,8-9,13,17H,7,10-12,14H2,1-3H3,(H2,27,31)/t17-/m0/s1. The van der Waals surface area contributed by atoms with Gasteiger partial charge < -0.3 is 10.5 Å². The van der Waals surface area contributed by atoms with Crippen molar-refractivity contribution in [2.75, 3.05) is 11.5 Å². The smallest absolute Gasteiger partial charge is 0.444 e. The highest BCUT2D eigenvalue weighted by Gasteiger charge is 2.37. The average Bonchev–Trinajstić information content (AvgIpc) is 3.22. The molecule has 0 radical (unpaired) electrons. The number of ketones is 1. The Morgan fingerprint density at radius 3 is 2.40 bits per heavy atom. The molecule has 192 valence electrons. The second kappa shape index (κ2) is 12.4. The molecule has 1 heterocycles. The average molecular weight is 532 g/mol. The Labute approximate surface area is 210 Å². The van der Waals surface area contributed by atoms with Crippen molar-refractivity contribution in [1.29, 1.82) is 0 Å². The number of halogens is 3. The maximum Gasteiger partial charge on any atom is 0.450 e. The summed E-state index contributed by atoms with van der Waals surface area (Å²) in [6.07, 6.45) is -5.27. The van der Waals surface area contributed by atoms with Gasteiger partial charge in [0.2, 0.25) is 11.7 Å². The number of amides is 2. The number of nitrogens with zero attached hydrogens (tertiary/aromatic N) is 2. The second-order valence-electron chi connectivity index (χ2n) is 8.65. The monoisotopic (exact) mass is 531 g/mol. The zero-order valence-corrected chi connectivity index (χ0v) is 21.3. The van der Waals surface area contributed by atoms with Crippen LogP contribution in [0.1, 0.15) is 39.3 Å². The fourth-order valence-corrected chi connectivity index (χ4v) is 4.65. The number of nitrogens with two attached hydrogens (primary N) is 1. The first kappa shape index (κ1) is 28.6. The van der Waals surface area contributed by atoms with E-state index in [0.717, 1.165) is 22.3 Å². The quantitative estimate of drug-likeness (QED) is 0.407. The maximum absolute atomic E-state index is 13.0. The number of Topliss-reactive ketones (excluding diaryl/α,β-unsaturated/α-hetero) is 1. The van der Waals surface area contributed by atoms with Crippen LogP contribution in [0, 0.1) is 0 Å². The predicted octanol–water partition coefficient (Wildman–Crippen LogP) is 5.05. The number of thiazole rings is 1. The van der Waals surface area contributed by atoms with Crippen molar-refractivity contribution >= 4 is 40.9 Å². The van der Waals surface area contributed by atoms with Crippen molar-refractivity contribution in [3.8, 4) is 10.6 Å². The number of primary amides is 1. The Balaban J connectivity index is 2.13. The van der Waals surface area contributed by atoms with Gasteiger partial charge in [-0.3, -0.25) is 14.5 Å². The van der Waals surface area contributed by atoms with Crippen molar-refractivity contribution < 1.29 is 32.3 Å². The van der Waals surface area contributed by atoms with Gasteiger partial charge in [0, 0.05) is 10.9 Å². The summed E-state index contributed by atoms with van der Waals surface area (Å²) in [5, 5.41) is 2.52. The Morgan fingerprint density at radius 2 is 1.83 bits per heavy atom. The van der Waals surface area contributed by atoms with E-state index in [4.69, 9.17) is 10.5 Å². The lowest BCUT2D eigenvalue weighted by Crippen LogP contribution is -2.49. The summed E-state index contributed by atoms with van der Waals surface area (Å²) in [5.41, 5.74) is 6.21. The first-order chi connectivity index (χ1) is 16.3.